The number of para-hydroxylation sites is 2. The van der Waals surface area contributed by atoms with Crippen molar-refractivity contribution < 1.29 is 22.6 Å². The molecule has 0 radical (unpaired) electrons. The van der Waals surface area contributed by atoms with Gasteiger partial charge in [-0.2, -0.15) is 5.26 Å². The molecule has 1 aromatic carbocycles. The first-order valence-corrected chi connectivity index (χ1v) is 5.57. The molecule has 0 saturated carbocycles. The molecule has 0 aliphatic carbocycles. The summed E-state index contributed by atoms with van der Waals surface area (Å²) in [5.41, 5.74) is 5.70. The Morgan fingerprint density at radius 2 is 1.86 bits per heavy atom. The number of hydrogen-bond donors (Lipinski definition) is 1. The van der Waals surface area contributed by atoms with Crippen LogP contribution in [0.25, 0.3) is 0 Å². The van der Waals surface area contributed by atoms with Crippen molar-refractivity contribution >= 4 is 5.69 Å². The molecular formula is C13H8F3N3O2. The Bertz CT molecular complexity index is 696. The minimum absolute atomic E-state index is 0.00295. The van der Waals surface area contributed by atoms with E-state index in [1.165, 1.54) is 30.5 Å². The van der Waals surface area contributed by atoms with E-state index < -0.39 is 12.1 Å². The summed E-state index contributed by atoms with van der Waals surface area (Å²) in [5, 5.41) is 8.94. The summed E-state index contributed by atoms with van der Waals surface area (Å²) >= 11 is 0. The van der Waals surface area contributed by atoms with E-state index in [-0.39, 0.29) is 22.9 Å². The number of nitriles is 1. The molecule has 5 nitrogen and oxygen atoms in total. The Labute approximate surface area is 117 Å². The van der Waals surface area contributed by atoms with Gasteiger partial charge in [0, 0.05) is 0 Å². The van der Waals surface area contributed by atoms with Crippen molar-refractivity contribution in [1.29, 1.82) is 5.26 Å². The molecule has 2 rings (SSSR count). The lowest BCUT2D eigenvalue weighted by atomic mass is 10.2. The third-order valence-electron chi connectivity index (χ3n) is 2.27. The lowest BCUT2D eigenvalue weighted by Gasteiger charge is -2.13. The summed E-state index contributed by atoms with van der Waals surface area (Å²) in [6.45, 7) is 0. The van der Waals surface area contributed by atoms with Crippen LogP contribution in [0.15, 0.2) is 36.5 Å². The van der Waals surface area contributed by atoms with Crippen LogP contribution in [0.2, 0.25) is 0 Å². The van der Waals surface area contributed by atoms with Crippen LogP contribution in [0.1, 0.15) is 5.56 Å². The molecule has 1 aromatic heterocycles. The first-order valence-electron chi connectivity index (χ1n) is 5.57. The second-order valence-corrected chi connectivity index (χ2v) is 3.83. The zero-order chi connectivity index (χ0) is 15.5. The molecule has 0 aliphatic rings. The van der Waals surface area contributed by atoms with E-state index in [4.69, 9.17) is 15.7 Å². The maximum atomic E-state index is 12.3. The molecule has 2 N–H and O–H groups in total. The standard InChI is InChI=1S/C13H8F3N3O2/c14-13(15,16)21-11-4-2-1-3-10(11)20-12-8(6-17)5-9(18)7-19-12/h1-5,7H,18H2. The number of halogens is 3. The highest BCUT2D eigenvalue weighted by atomic mass is 19.4. The average Bonchev–Trinajstić information content (AvgIpc) is 2.41. The van der Waals surface area contributed by atoms with Crippen LogP contribution in [-0.2, 0) is 0 Å². The SMILES string of the molecule is N#Cc1cc(N)cnc1Oc1ccccc1OC(F)(F)F. The van der Waals surface area contributed by atoms with Crippen LogP contribution in [0.5, 0.6) is 17.4 Å². The molecule has 0 fully saturated rings. The van der Waals surface area contributed by atoms with Crippen LogP contribution in [0.3, 0.4) is 0 Å². The third-order valence-corrected chi connectivity index (χ3v) is 2.27. The molecule has 2 aromatic rings. The van der Waals surface area contributed by atoms with E-state index in [2.05, 4.69) is 9.72 Å². The second kappa shape index (κ2) is 5.58. The number of benzene rings is 1. The van der Waals surface area contributed by atoms with Crippen molar-refractivity contribution in [2.45, 2.75) is 6.36 Å². The van der Waals surface area contributed by atoms with Gasteiger partial charge >= 0.3 is 6.36 Å². The van der Waals surface area contributed by atoms with Crippen LogP contribution in [-0.4, -0.2) is 11.3 Å². The quantitative estimate of drug-likeness (QED) is 0.940. The predicted molar refractivity (Wildman–Crippen MR) is 66.6 cm³/mol. The Morgan fingerprint density at radius 1 is 1.19 bits per heavy atom. The molecule has 1 heterocycles. The molecule has 0 spiro atoms. The number of nitrogens with zero attached hydrogens (tertiary/aromatic N) is 2. The summed E-state index contributed by atoms with van der Waals surface area (Å²) < 4.78 is 45.9. The molecule has 0 atom stereocenters. The monoisotopic (exact) mass is 295 g/mol. The average molecular weight is 295 g/mol. The highest BCUT2D eigenvalue weighted by molar-refractivity contribution is 5.51. The van der Waals surface area contributed by atoms with Gasteiger partial charge in [0.15, 0.2) is 11.5 Å². The first-order chi connectivity index (χ1) is 9.89. The molecule has 0 bridgehead atoms. The molecule has 0 aliphatic heterocycles. The van der Waals surface area contributed by atoms with Crippen molar-refractivity contribution in [3.63, 3.8) is 0 Å². The fourth-order valence-corrected chi connectivity index (χ4v) is 1.48. The Morgan fingerprint density at radius 3 is 2.48 bits per heavy atom. The normalized spacial score (nSPS) is 10.8. The maximum absolute atomic E-state index is 12.3. The van der Waals surface area contributed by atoms with Crippen molar-refractivity contribution in [2.24, 2.45) is 0 Å². The summed E-state index contributed by atoms with van der Waals surface area (Å²) in [4.78, 5) is 3.78. The number of pyridine rings is 1. The van der Waals surface area contributed by atoms with Gasteiger partial charge < -0.3 is 15.2 Å². The first kappa shape index (κ1) is 14.5. The Hall–Kier alpha value is -2.95. The van der Waals surface area contributed by atoms with Crippen LogP contribution in [0, 0.1) is 11.3 Å². The molecular weight excluding hydrogens is 287 g/mol. The number of anilines is 1. The molecule has 0 amide bonds. The molecule has 8 heteroatoms. The summed E-state index contributed by atoms with van der Waals surface area (Å²) in [7, 11) is 0. The van der Waals surface area contributed by atoms with Gasteiger partial charge in [0.05, 0.1) is 11.9 Å². The Balaban J connectivity index is 2.35. The van der Waals surface area contributed by atoms with E-state index in [1.807, 2.05) is 0 Å². The van der Waals surface area contributed by atoms with Crippen molar-refractivity contribution in [1.82, 2.24) is 4.98 Å². The Kier molecular flexibility index (Phi) is 3.84. The van der Waals surface area contributed by atoms with Gasteiger partial charge in [-0.25, -0.2) is 4.98 Å². The van der Waals surface area contributed by atoms with Crippen molar-refractivity contribution in [2.75, 3.05) is 5.73 Å². The number of hydrogen-bond acceptors (Lipinski definition) is 5. The highest BCUT2D eigenvalue weighted by Gasteiger charge is 2.32. The van der Waals surface area contributed by atoms with Crippen LogP contribution in [0.4, 0.5) is 18.9 Å². The van der Waals surface area contributed by atoms with E-state index >= 15 is 0 Å². The van der Waals surface area contributed by atoms with Gasteiger partial charge in [-0.3, -0.25) is 0 Å². The lowest BCUT2D eigenvalue weighted by molar-refractivity contribution is -0.275. The number of aromatic nitrogens is 1. The smallest absolute Gasteiger partial charge is 0.434 e. The molecule has 0 saturated heterocycles. The van der Waals surface area contributed by atoms with Crippen molar-refractivity contribution in [3.8, 4) is 23.4 Å². The topological polar surface area (TPSA) is 81.2 Å². The maximum Gasteiger partial charge on any atom is 0.573 e. The number of rotatable bonds is 3. The van der Waals surface area contributed by atoms with Gasteiger partial charge in [0.25, 0.3) is 0 Å². The van der Waals surface area contributed by atoms with Gasteiger partial charge in [0.1, 0.15) is 11.6 Å². The lowest BCUT2D eigenvalue weighted by Crippen LogP contribution is -2.17. The number of nitrogen functional groups attached to an aromatic ring is 1. The largest absolute Gasteiger partial charge is 0.573 e. The van der Waals surface area contributed by atoms with E-state index in [0.717, 1.165) is 6.07 Å². The highest BCUT2D eigenvalue weighted by Crippen LogP contribution is 2.35. The summed E-state index contributed by atoms with van der Waals surface area (Å²) in [6.07, 6.45) is -3.63. The minimum atomic E-state index is -4.86. The number of nitrogens with two attached hydrogens (primary N) is 1. The van der Waals surface area contributed by atoms with E-state index in [9.17, 15) is 13.2 Å². The van der Waals surface area contributed by atoms with E-state index in [0.29, 0.717) is 0 Å². The van der Waals surface area contributed by atoms with Gasteiger partial charge in [-0.1, -0.05) is 12.1 Å². The zero-order valence-corrected chi connectivity index (χ0v) is 10.4. The van der Waals surface area contributed by atoms with Gasteiger partial charge in [-0.05, 0) is 18.2 Å². The molecule has 108 valence electrons. The summed E-state index contributed by atoms with van der Waals surface area (Å²) in [6, 6.07) is 8.27. The van der Waals surface area contributed by atoms with Crippen LogP contribution >= 0.6 is 0 Å². The minimum Gasteiger partial charge on any atom is -0.434 e. The third kappa shape index (κ3) is 3.76. The number of ether oxygens (including phenoxy) is 2. The summed E-state index contributed by atoms with van der Waals surface area (Å²) in [5.74, 6) is -0.916. The predicted octanol–water partition coefficient (Wildman–Crippen LogP) is 3.23. The zero-order valence-electron chi connectivity index (χ0n) is 10.4. The molecule has 21 heavy (non-hydrogen) atoms. The molecule has 0 unspecified atom stereocenters. The van der Waals surface area contributed by atoms with Gasteiger partial charge in [0.2, 0.25) is 5.88 Å². The van der Waals surface area contributed by atoms with Crippen molar-refractivity contribution in [3.05, 3.63) is 42.1 Å². The van der Waals surface area contributed by atoms with Gasteiger partial charge in [-0.15, -0.1) is 13.2 Å². The second-order valence-electron chi connectivity index (χ2n) is 3.83. The van der Waals surface area contributed by atoms with E-state index in [1.54, 1.807) is 6.07 Å². The fraction of sp³-hybridized carbons (Fsp3) is 0.0769. The fourth-order valence-electron chi connectivity index (χ4n) is 1.48. The van der Waals surface area contributed by atoms with Crippen LogP contribution < -0.4 is 15.2 Å². The number of alkyl halides is 3.